The van der Waals surface area contributed by atoms with Gasteiger partial charge in [-0.2, -0.15) is 10.4 Å². The maximum atomic E-state index is 13.4. The zero-order valence-corrected chi connectivity index (χ0v) is 18.1. The second-order valence-electron chi connectivity index (χ2n) is 8.45. The Balaban J connectivity index is 0.000000406. The van der Waals surface area contributed by atoms with E-state index >= 15 is 0 Å². The largest absolute Gasteiger partial charge is 0.323 e. The number of halogens is 1. The van der Waals surface area contributed by atoms with Gasteiger partial charge in [-0.25, -0.2) is 18.9 Å². The van der Waals surface area contributed by atoms with E-state index in [9.17, 15) is 14.4 Å². The lowest BCUT2D eigenvalue weighted by Crippen LogP contribution is -2.44. The molecule has 0 atom stereocenters. The van der Waals surface area contributed by atoms with Gasteiger partial charge in [-0.3, -0.25) is 0 Å². The molecule has 0 radical (unpaired) electrons. The van der Waals surface area contributed by atoms with Gasteiger partial charge in [0.2, 0.25) is 0 Å². The lowest BCUT2D eigenvalue weighted by molar-refractivity contribution is -0.108. The molecule has 33 heavy (non-hydrogen) atoms. The van der Waals surface area contributed by atoms with Crippen LogP contribution in [0.25, 0.3) is 28.3 Å². The van der Waals surface area contributed by atoms with Crippen LogP contribution in [0.5, 0.6) is 0 Å². The number of hydrogen-bond donors (Lipinski definition) is 0. The first-order valence-corrected chi connectivity index (χ1v) is 10.8. The van der Waals surface area contributed by atoms with Crippen LogP contribution >= 0.6 is 0 Å². The Bertz CT molecular complexity index is 1340. The molecule has 4 heterocycles. The Labute approximate surface area is 189 Å². The van der Waals surface area contributed by atoms with Crippen molar-refractivity contribution in [2.75, 3.05) is 20.1 Å². The number of carbonyl (C=O) groups excluding carboxylic acids is 1. The monoisotopic (exact) mass is 443 g/mol. The Morgan fingerprint density at radius 1 is 1.12 bits per heavy atom. The van der Waals surface area contributed by atoms with Crippen LogP contribution in [0.3, 0.4) is 0 Å². The summed E-state index contributed by atoms with van der Waals surface area (Å²) in [4.78, 5) is 20.6. The smallest absolute Gasteiger partial charge is 0.162 e. The number of likely N-dealkylation sites (N-methyl/N-ethyl adjacent to an activating group) is 1. The van der Waals surface area contributed by atoms with Crippen LogP contribution in [-0.4, -0.2) is 55.5 Å². The fraction of sp³-hybridized carbons (Fsp3) is 0.292. The molecule has 1 aromatic carbocycles. The van der Waals surface area contributed by atoms with E-state index < -0.39 is 0 Å². The molecule has 1 saturated heterocycles. The summed E-state index contributed by atoms with van der Waals surface area (Å²) in [5.74, 6) is 0.164. The Morgan fingerprint density at radius 2 is 1.88 bits per heavy atom. The van der Waals surface area contributed by atoms with E-state index in [1.807, 2.05) is 18.5 Å². The van der Waals surface area contributed by atoms with Crippen molar-refractivity contribution in [1.82, 2.24) is 29.0 Å². The predicted octanol–water partition coefficient (Wildman–Crippen LogP) is 3.35. The minimum atomic E-state index is -0.290. The number of rotatable bonds is 4. The summed E-state index contributed by atoms with van der Waals surface area (Å²) in [6.45, 7) is 1.84. The first kappa shape index (κ1) is 21.0. The number of carbonyl (C=O) groups is 1. The molecule has 3 aromatic heterocycles. The van der Waals surface area contributed by atoms with Crippen LogP contribution < -0.4 is 0 Å². The molecule has 2 aliphatic rings. The van der Waals surface area contributed by atoms with E-state index in [4.69, 9.17) is 0 Å². The highest BCUT2D eigenvalue weighted by atomic mass is 19.1. The molecule has 9 heteroatoms. The summed E-state index contributed by atoms with van der Waals surface area (Å²) < 4.78 is 17.1. The first-order valence-electron chi connectivity index (χ1n) is 10.8. The number of nitrogens with zero attached hydrogens (tertiary/aromatic N) is 7. The van der Waals surface area contributed by atoms with E-state index in [0.717, 1.165) is 49.2 Å². The number of fused-ring (bicyclic) bond motifs is 1. The number of likely N-dealkylation sites (tertiary alicyclic amines) is 1. The van der Waals surface area contributed by atoms with Gasteiger partial charge in [-0.05, 0) is 56.3 Å². The zero-order valence-electron chi connectivity index (χ0n) is 18.1. The molecule has 0 N–H and O–H groups in total. The summed E-state index contributed by atoms with van der Waals surface area (Å²) in [6.07, 6.45) is 6.63. The first-order chi connectivity index (χ1) is 16.1. The molecule has 6 rings (SSSR count). The number of hydrogen-bond acceptors (Lipinski definition) is 6. The highest BCUT2D eigenvalue weighted by molar-refractivity contribution is 5.77. The molecule has 1 aliphatic carbocycles. The number of nitriles is 1. The molecular weight excluding hydrogens is 421 g/mol. The Kier molecular flexibility index (Phi) is 5.44. The molecule has 1 saturated carbocycles. The van der Waals surface area contributed by atoms with Crippen LogP contribution in [0, 0.1) is 23.1 Å². The van der Waals surface area contributed by atoms with Crippen LogP contribution in [-0.2, 0) is 4.79 Å². The summed E-state index contributed by atoms with van der Waals surface area (Å²) in [6, 6.07) is 12.4. The van der Waals surface area contributed by atoms with Crippen molar-refractivity contribution in [2.24, 2.45) is 5.92 Å². The second-order valence-corrected chi connectivity index (χ2v) is 8.45. The van der Waals surface area contributed by atoms with Gasteiger partial charge < -0.3 is 14.3 Å². The Morgan fingerprint density at radius 3 is 2.48 bits per heavy atom. The van der Waals surface area contributed by atoms with Gasteiger partial charge in [0, 0.05) is 24.6 Å². The van der Waals surface area contributed by atoms with Crippen molar-refractivity contribution < 1.29 is 9.18 Å². The molecule has 1 aliphatic heterocycles. The third kappa shape index (κ3) is 4.13. The third-order valence-electron chi connectivity index (χ3n) is 5.88. The van der Waals surface area contributed by atoms with Crippen molar-refractivity contribution in [3.8, 4) is 28.7 Å². The van der Waals surface area contributed by atoms with E-state index in [1.54, 1.807) is 12.1 Å². The topological polar surface area (TPSA) is 92.1 Å². The normalized spacial score (nSPS) is 16.0. The summed E-state index contributed by atoms with van der Waals surface area (Å²) >= 11 is 0. The Hall–Kier alpha value is -3.90. The standard InChI is InChI=1S/C20H16FN7.C4H6O/c1-26-10-16(11-26)27-12-24-19(13-2-4-14(21)5-3-13)20(27)17-6-7-18-23-9-15(8-22)28(18)25-17;5-3-4-1-2-4/h2-7,9,12,16H,10-11H2,1H3;3-4H,1-2H2. The average Bonchev–Trinajstić information content (AvgIpc) is 3.43. The average molecular weight is 443 g/mol. The van der Waals surface area contributed by atoms with Gasteiger partial charge >= 0.3 is 0 Å². The van der Waals surface area contributed by atoms with Crippen LogP contribution in [0.2, 0.25) is 0 Å². The molecule has 0 spiro atoms. The van der Waals surface area contributed by atoms with Crippen LogP contribution in [0.15, 0.2) is 48.9 Å². The number of aldehydes is 1. The second kappa shape index (κ2) is 8.56. The van der Waals surface area contributed by atoms with Gasteiger partial charge in [0.1, 0.15) is 23.9 Å². The third-order valence-corrected chi connectivity index (χ3v) is 5.88. The summed E-state index contributed by atoms with van der Waals surface area (Å²) in [5, 5.41) is 14.0. The molecule has 2 fully saturated rings. The van der Waals surface area contributed by atoms with E-state index in [2.05, 4.69) is 37.7 Å². The molecule has 8 nitrogen and oxygen atoms in total. The highest BCUT2D eigenvalue weighted by Gasteiger charge is 2.29. The highest BCUT2D eigenvalue weighted by Crippen LogP contribution is 2.34. The quantitative estimate of drug-likeness (QED) is 0.449. The lowest BCUT2D eigenvalue weighted by Gasteiger charge is -2.37. The SMILES string of the molecule is CN1CC(n2cnc(-c3ccc(F)cc3)c2-c2ccc3ncc(C#N)n3n2)C1.O=CC1CC1. The molecule has 0 amide bonds. The van der Waals surface area contributed by atoms with Gasteiger partial charge in [0.25, 0.3) is 0 Å². The minimum Gasteiger partial charge on any atom is -0.323 e. The van der Waals surface area contributed by atoms with E-state index in [-0.39, 0.29) is 11.9 Å². The van der Waals surface area contributed by atoms with Gasteiger partial charge in [0.05, 0.1) is 30.0 Å². The van der Waals surface area contributed by atoms with Crippen LogP contribution in [0.4, 0.5) is 4.39 Å². The van der Waals surface area contributed by atoms with Crippen molar-refractivity contribution in [3.05, 3.63) is 60.4 Å². The van der Waals surface area contributed by atoms with Gasteiger partial charge in [-0.15, -0.1) is 0 Å². The van der Waals surface area contributed by atoms with Crippen LogP contribution in [0.1, 0.15) is 24.6 Å². The van der Waals surface area contributed by atoms with Gasteiger partial charge in [-0.1, -0.05) is 0 Å². The number of aromatic nitrogens is 5. The lowest BCUT2D eigenvalue weighted by atomic mass is 10.1. The van der Waals surface area contributed by atoms with Crippen molar-refractivity contribution in [2.45, 2.75) is 18.9 Å². The number of imidazole rings is 2. The molecule has 4 aromatic rings. The van der Waals surface area contributed by atoms with E-state index in [1.165, 1.54) is 22.8 Å². The summed E-state index contributed by atoms with van der Waals surface area (Å²) in [5.41, 5.74) is 4.07. The summed E-state index contributed by atoms with van der Waals surface area (Å²) in [7, 11) is 2.07. The minimum absolute atomic E-state index is 0.289. The molecule has 0 unspecified atom stereocenters. The van der Waals surface area contributed by atoms with Crippen molar-refractivity contribution in [1.29, 1.82) is 5.26 Å². The van der Waals surface area contributed by atoms with Gasteiger partial charge in [0.15, 0.2) is 11.3 Å². The molecule has 166 valence electrons. The number of benzene rings is 1. The fourth-order valence-corrected chi connectivity index (χ4v) is 3.86. The maximum Gasteiger partial charge on any atom is 0.162 e. The maximum absolute atomic E-state index is 13.4. The molecular formula is C24H22FN7O. The van der Waals surface area contributed by atoms with Crippen molar-refractivity contribution in [3.63, 3.8) is 0 Å². The zero-order chi connectivity index (χ0) is 22.9. The van der Waals surface area contributed by atoms with Crippen molar-refractivity contribution >= 4 is 11.9 Å². The van der Waals surface area contributed by atoms with E-state index in [0.29, 0.717) is 23.0 Å². The fourth-order valence-electron chi connectivity index (χ4n) is 3.86. The predicted molar refractivity (Wildman–Crippen MR) is 120 cm³/mol. The molecule has 0 bridgehead atoms.